The van der Waals surface area contributed by atoms with Crippen molar-refractivity contribution in [3.63, 3.8) is 0 Å². The van der Waals surface area contributed by atoms with Gasteiger partial charge in [0.25, 0.3) is 0 Å². The van der Waals surface area contributed by atoms with Crippen LogP contribution >= 0.6 is 0 Å². The van der Waals surface area contributed by atoms with E-state index in [0.29, 0.717) is 0 Å². The fraction of sp³-hybridized carbons (Fsp3) is 0.467. The molecule has 0 heterocycles. The first-order valence-corrected chi connectivity index (χ1v) is 6.30. The average Bonchev–Trinajstić information content (AvgIpc) is 2.38. The molecule has 0 fully saturated rings. The third-order valence-electron chi connectivity index (χ3n) is 2.75. The molecule has 92 valence electrons. The molecule has 0 saturated heterocycles. The van der Waals surface area contributed by atoms with Crippen LogP contribution in [0.1, 0.15) is 27.2 Å². The van der Waals surface area contributed by atoms with E-state index < -0.39 is 0 Å². The summed E-state index contributed by atoms with van der Waals surface area (Å²) >= 11 is 0. The van der Waals surface area contributed by atoms with Crippen LogP contribution in [0.2, 0.25) is 0 Å². The summed E-state index contributed by atoms with van der Waals surface area (Å²) in [6, 6.07) is 8.60. The third kappa shape index (κ3) is 4.40. The van der Waals surface area contributed by atoms with Gasteiger partial charge in [0, 0.05) is 37.4 Å². The number of hydrogen-bond donors (Lipinski definition) is 1. The fourth-order valence-electron chi connectivity index (χ4n) is 1.77. The highest BCUT2D eigenvalue weighted by molar-refractivity contribution is 5.55. The van der Waals surface area contributed by atoms with Gasteiger partial charge in [0.2, 0.25) is 0 Å². The summed E-state index contributed by atoms with van der Waals surface area (Å²) in [5.41, 5.74) is 2.45. The minimum atomic E-state index is 0.897. The minimum Gasteiger partial charge on any atom is -0.384 e. The van der Waals surface area contributed by atoms with Crippen LogP contribution in [0.3, 0.4) is 0 Å². The number of rotatable bonds is 6. The van der Waals surface area contributed by atoms with E-state index >= 15 is 0 Å². The SMILES string of the molecule is CC#CCCNc1ccc(N(CC)CC)cc1. The molecule has 2 nitrogen and oxygen atoms in total. The molecule has 0 saturated carbocycles. The Labute approximate surface area is 105 Å². The molecular weight excluding hydrogens is 208 g/mol. The van der Waals surface area contributed by atoms with Crippen LogP contribution in [-0.4, -0.2) is 19.6 Å². The topological polar surface area (TPSA) is 15.3 Å². The molecule has 2 heteroatoms. The van der Waals surface area contributed by atoms with Crippen molar-refractivity contribution in [1.82, 2.24) is 0 Å². The summed E-state index contributed by atoms with van der Waals surface area (Å²) in [4.78, 5) is 2.34. The largest absolute Gasteiger partial charge is 0.384 e. The maximum atomic E-state index is 3.36. The number of benzene rings is 1. The Bertz CT molecular complexity index is 366. The molecule has 0 aliphatic rings. The smallest absolute Gasteiger partial charge is 0.0367 e. The number of nitrogens with one attached hydrogen (secondary N) is 1. The summed E-state index contributed by atoms with van der Waals surface area (Å²) in [6.07, 6.45) is 0.897. The van der Waals surface area contributed by atoms with Gasteiger partial charge < -0.3 is 10.2 Å². The Balaban J connectivity index is 2.51. The average molecular weight is 230 g/mol. The molecule has 1 aromatic rings. The van der Waals surface area contributed by atoms with E-state index in [1.165, 1.54) is 11.4 Å². The number of hydrogen-bond acceptors (Lipinski definition) is 2. The summed E-state index contributed by atoms with van der Waals surface area (Å²) in [5, 5.41) is 3.36. The van der Waals surface area contributed by atoms with Crippen LogP contribution in [0.15, 0.2) is 24.3 Å². The predicted molar refractivity (Wildman–Crippen MR) is 76.6 cm³/mol. The molecule has 0 bridgehead atoms. The van der Waals surface area contributed by atoms with E-state index in [1.54, 1.807) is 0 Å². The predicted octanol–water partition coefficient (Wildman–Crippen LogP) is 3.36. The minimum absolute atomic E-state index is 0.897. The van der Waals surface area contributed by atoms with Crippen LogP contribution in [0.25, 0.3) is 0 Å². The van der Waals surface area contributed by atoms with Gasteiger partial charge >= 0.3 is 0 Å². The van der Waals surface area contributed by atoms with Crippen LogP contribution in [0, 0.1) is 11.8 Å². The molecule has 0 spiro atoms. The molecule has 1 N–H and O–H groups in total. The van der Waals surface area contributed by atoms with Gasteiger partial charge in [-0.2, -0.15) is 0 Å². The third-order valence-corrected chi connectivity index (χ3v) is 2.75. The van der Waals surface area contributed by atoms with Crippen molar-refractivity contribution < 1.29 is 0 Å². The van der Waals surface area contributed by atoms with E-state index in [-0.39, 0.29) is 0 Å². The van der Waals surface area contributed by atoms with Gasteiger partial charge in [-0.25, -0.2) is 0 Å². The second-order valence-electron chi connectivity index (χ2n) is 3.82. The van der Waals surface area contributed by atoms with Crippen molar-refractivity contribution in [1.29, 1.82) is 0 Å². The molecule has 0 atom stereocenters. The van der Waals surface area contributed by atoms with Crippen LogP contribution < -0.4 is 10.2 Å². The molecule has 0 aromatic heterocycles. The van der Waals surface area contributed by atoms with Crippen LogP contribution in [0.4, 0.5) is 11.4 Å². The van der Waals surface area contributed by atoms with Crippen molar-refractivity contribution in [2.75, 3.05) is 29.9 Å². The normalized spacial score (nSPS) is 9.35. The fourth-order valence-corrected chi connectivity index (χ4v) is 1.77. The van der Waals surface area contributed by atoms with E-state index in [0.717, 1.165) is 26.1 Å². The van der Waals surface area contributed by atoms with Crippen molar-refractivity contribution in [2.24, 2.45) is 0 Å². The lowest BCUT2D eigenvalue weighted by molar-refractivity contribution is 0.866. The van der Waals surface area contributed by atoms with E-state index in [2.05, 4.69) is 60.2 Å². The van der Waals surface area contributed by atoms with Crippen molar-refractivity contribution >= 4 is 11.4 Å². The Morgan fingerprint density at radius 2 is 1.76 bits per heavy atom. The van der Waals surface area contributed by atoms with Gasteiger partial charge in [0.15, 0.2) is 0 Å². The maximum absolute atomic E-state index is 3.36. The number of nitrogens with zero attached hydrogens (tertiary/aromatic N) is 1. The molecule has 0 amide bonds. The van der Waals surface area contributed by atoms with Gasteiger partial charge in [-0.15, -0.1) is 11.8 Å². The standard InChI is InChI=1S/C15H22N2/c1-4-7-8-13-16-14-9-11-15(12-10-14)17(5-2)6-3/h9-12,16H,5-6,8,13H2,1-3H3. The van der Waals surface area contributed by atoms with Gasteiger partial charge in [-0.1, -0.05) is 0 Å². The monoisotopic (exact) mass is 230 g/mol. The summed E-state index contributed by atoms with van der Waals surface area (Å²) in [5.74, 6) is 5.94. The Kier molecular flexibility index (Phi) is 6.03. The van der Waals surface area contributed by atoms with Crippen molar-refractivity contribution in [3.05, 3.63) is 24.3 Å². The second kappa shape index (κ2) is 7.62. The molecule has 17 heavy (non-hydrogen) atoms. The molecule has 0 aliphatic carbocycles. The Morgan fingerprint density at radius 1 is 1.12 bits per heavy atom. The quantitative estimate of drug-likeness (QED) is 0.595. The lowest BCUT2D eigenvalue weighted by Gasteiger charge is -2.21. The zero-order chi connectivity index (χ0) is 12.5. The Morgan fingerprint density at radius 3 is 2.29 bits per heavy atom. The van der Waals surface area contributed by atoms with Crippen molar-refractivity contribution in [3.8, 4) is 11.8 Å². The van der Waals surface area contributed by atoms with E-state index in [4.69, 9.17) is 0 Å². The summed E-state index contributed by atoms with van der Waals surface area (Å²) in [7, 11) is 0. The zero-order valence-electron chi connectivity index (χ0n) is 11.1. The van der Waals surface area contributed by atoms with E-state index in [1.807, 2.05) is 6.92 Å². The highest BCUT2D eigenvalue weighted by atomic mass is 15.1. The van der Waals surface area contributed by atoms with E-state index in [9.17, 15) is 0 Å². The van der Waals surface area contributed by atoms with Crippen molar-refractivity contribution in [2.45, 2.75) is 27.2 Å². The molecule has 1 aromatic carbocycles. The van der Waals surface area contributed by atoms with Gasteiger partial charge in [0.1, 0.15) is 0 Å². The van der Waals surface area contributed by atoms with Gasteiger partial charge in [0.05, 0.1) is 0 Å². The highest BCUT2D eigenvalue weighted by Crippen LogP contribution is 2.17. The summed E-state index contributed by atoms with van der Waals surface area (Å²) < 4.78 is 0. The second-order valence-corrected chi connectivity index (χ2v) is 3.82. The van der Waals surface area contributed by atoms with Gasteiger partial charge in [-0.3, -0.25) is 0 Å². The first kappa shape index (κ1) is 13.4. The molecular formula is C15H22N2. The molecule has 0 unspecified atom stereocenters. The maximum Gasteiger partial charge on any atom is 0.0367 e. The lowest BCUT2D eigenvalue weighted by atomic mass is 10.2. The Hall–Kier alpha value is -1.62. The van der Waals surface area contributed by atoms with Crippen LogP contribution in [0.5, 0.6) is 0 Å². The number of anilines is 2. The molecule has 0 radical (unpaired) electrons. The lowest BCUT2D eigenvalue weighted by Crippen LogP contribution is -2.21. The molecule has 1 rings (SSSR count). The molecule has 0 aliphatic heterocycles. The summed E-state index contributed by atoms with van der Waals surface area (Å²) in [6.45, 7) is 9.24. The first-order chi connectivity index (χ1) is 8.31. The zero-order valence-corrected chi connectivity index (χ0v) is 11.1. The highest BCUT2D eigenvalue weighted by Gasteiger charge is 2.00. The van der Waals surface area contributed by atoms with Gasteiger partial charge in [-0.05, 0) is 45.0 Å². The van der Waals surface area contributed by atoms with Crippen LogP contribution in [-0.2, 0) is 0 Å². The first-order valence-electron chi connectivity index (χ1n) is 6.30.